The lowest BCUT2D eigenvalue weighted by Gasteiger charge is -2.24. The number of benzene rings is 1. The van der Waals surface area contributed by atoms with Gasteiger partial charge in [-0.15, -0.1) is 0 Å². The van der Waals surface area contributed by atoms with Crippen LogP contribution in [0.5, 0.6) is 0 Å². The smallest absolute Gasteiger partial charge is 0.227 e. The highest BCUT2D eigenvalue weighted by molar-refractivity contribution is 5.82. The van der Waals surface area contributed by atoms with E-state index >= 15 is 0 Å². The molecule has 0 spiro atoms. The summed E-state index contributed by atoms with van der Waals surface area (Å²) in [4.78, 5) is 10.8. The molecule has 0 saturated heterocycles. The fraction of sp³-hybridized carbons (Fsp3) is 0.333. The fourth-order valence-corrected chi connectivity index (χ4v) is 3.66. The van der Waals surface area contributed by atoms with Gasteiger partial charge < -0.3 is 15.3 Å². The molecular formula is C21H23FN8O. The first-order chi connectivity index (χ1) is 15.0. The number of anilines is 3. The molecule has 4 N–H and O–H groups in total. The lowest BCUT2D eigenvalue weighted by atomic mass is 10.1. The van der Waals surface area contributed by atoms with Gasteiger partial charge in [-0.25, -0.2) is 9.37 Å². The average molecular weight is 422 g/mol. The van der Waals surface area contributed by atoms with Crippen molar-refractivity contribution in [1.82, 2.24) is 30.4 Å². The topological polar surface area (TPSA) is 119 Å². The highest BCUT2D eigenvalue weighted by Crippen LogP contribution is 2.39. The number of rotatable bonds is 8. The van der Waals surface area contributed by atoms with Crippen molar-refractivity contribution in [3.05, 3.63) is 53.7 Å². The Balaban J connectivity index is 1.41. The van der Waals surface area contributed by atoms with Crippen LogP contribution >= 0.6 is 0 Å². The van der Waals surface area contributed by atoms with E-state index in [1.54, 1.807) is 25.4 Å². The number of hydrogen-bond acceptors (Lipinski definition) is 7. The minimum atomic E-state index is -0.624. The number of nitrogens with one attached hydrogen (secondary N) is 3. The maximum Gasteiger partial charge on any atom is 0.227 e. The van der Waals surface area contributed by atoms with Gasteiger partial charge >= 0.3 is 0 Å². The molecule has 1 aliphatic carbocycles. The number of aromatic amines is 2. The molecule has 1 atom stereocenters. The van der Waals surface area contributed by atoms with Gasteiger partial charge in [-0.3, -0.25) is 10.2 Å². The summed E-state index contributed by atoms with van der Waals surface area (Å²) < 4.78 is 14.1. The number of hydrogen-bond donors (Lipinski definition) is 4. The van der Waals surface area contributed by atoms with Gasteiger partial charge in [0.05, 0.1) is 17.8 Å². The molecule has 9 nitrogen and oxygen atoms in total. The summed E-state index contributed by atoms with van der Waals surface area (Å²) in [7, 11) is 0. The van der Waals surface area contributed by atoms with Crippen molar-refractivity contribution in [3.63, 3.8) is 0 Å². The van der Waals surface area contributed by atoms with Gasteiger partial charge in [-0.1, -0.05) is 0 Å². The van der Waals surface area contributed by atoms with E-state index in [2.05, 4.69) is 35.7 Å². The second-order valence-electron chi connectivity index (χ2n) is 7.98. The number of fused-ring (bicyclic) bond motifs is 1. The molecule has 10 heteroatoms. The molecule has 0 amide bonds. The Hall–Kier alpha value is -3.53. The van der Waals surface area contributed by atoms with Crippen LogP contribution in [-0.4, -0.2) is 48.1 Å². The minimum absolute atomic E-state index is 0.285. The van der Waals surface area contributed by atoms with Gasteiger partial charge in [0.15, 0.2) is 5.82 Å². The summed E-state index contributed by atoms with van der Waals surface area (Å²) in [5.41, 5.74) is 2.48. The standard InChI is InChI=1S/C21H23FN8O/c1-12(31)10-30(11-14-6-15(22)7-18-16(14)9-24-27-18)21-23-5-4-19(26-21)25-20-8-17(28-29-20)13-2-3-13/h4-9,12-13,31H,2-3,10-11H2,1H3,(H,24,27)(H2,23,25,26,28,29)/t12-/m1/s1. The van der Waals surface area contributed by atoms with E-state index in [9.17, 15) is 9.50 Å². The van der Waals surface area contributed by atoms with Crippen molar-refractivity contribution in [1.29, 1.82) is 0 Å². The fourth-order valence-electron chi connectivity index (χ4n) is 3.66. The molecule has 0 unspecified atom stereocenters. The van der Waals surface area contributed by atoms with Crippen LogP contribution in [0.15, 0.2) is 36.7 Å². The van der Waals surface area contributed by atoms with Crippen LogP contribution in [0.1, 0.15) is 36.9 Å². The molecule has 4 aromatic rings. The second-order valence-corrected chi connectivity index (χ2v) is 7.98. The van der Waals surface area contributed by atoms with Crippen molar-refractivity contribution < 1.29 is 9.50 Å². The van der Waals surface area contributed by atoms with E-state index in [0.717, 1.165) is 16.6 Å². The molecule has 160 valence electrons. The number of halogens is 1. The predicted octanol–water partition coefficient (Wildman–Crippen LogP) is 3.22. The van der Waals surface area contributed by atoms with Crippen LogP contribution in [0.4, 0.5) is 22.0 Å². The quantitative estimate of drug-likeness (QED) is 0.344. The van der Waals surface area contributed by atoms with Gasteiger partial charge in [0, 0.05) is 42.4 Å². The zero-order valence-electron chi connectivity index (χ0n) is 17.0. The number of aliphatic hydroxyl groups is 1. The van der Waals surface area contributed by atoms with E-state index in [1.165, 1.54) is 25.0 Å². The van der Waals surface area contributed by atoms with E-state index in [0.29, 0.717) is 35.6 Å². The van der Waals surface area contributed by atoms with Crippen molar-refractivity contribution in [2.45, 2.75) is 38.3 Å². The van der Waals surface area contributed by atoms with Crippen LogP contribution in [0.25, 0.3) is 10.9 Å². The largest absolute Gasteiger partial charge is 0.392 e. The summed E-state index contributed by atoms with van der Waals surface area (Å²) in [5.74, 6) is 1.92. The number of aliphatic hydroxyl groups excluding tert-OH is 1. The lowest BCUT2D eigenvalue weighted by molar-refractivity contribution is 0.199. The first-order valence-electron chi connectivity index (χ1n) is 10.2. The van der Waals surface area contributed by atoms with E-state index in [-0.39, 0.29) is 12.4 Å². The molecule has 1 aliphatic rings. The van der Waals surface area contributed by atoms with Gasteiger partial charge in [0.25, 0.3) is 0 Å². The third kappa shape index (κ3) is 4.33. The highest BCUT2D eigenvalue weighted by Gasteiger charge is 2.25. The zero-order valence-corrected chi connectivity index (χ0v) is 17.0. The Labute approximate surface area is 177 Å². The molecule has 3 aromatic heterocycles. The van der Waals surface area contributed by atoms with Gasteiger partial charge in [-0.05, 0) is 43.5 Å². The Bertz CT molecular complexity index is 1200. The molecule has 3 heterocycles. The molecule has 0 bridgehead atoms. The van der Waals surface area contributed by atoms with Crippen molar-refractivity contribution in [2.24, 2.45) is 0 Å². The SMILES string of the molecule is C[C@@H](O)CN(Cc1cc(F)cc2[nH]ncc12)c1nccc(Nc2cc(C3CC3)[nH]n2)n1. The molecule has 1 fully saturated rings. The Morgan fingerprint density at radius 2 is 2.13 bits per heavy atom. The Morgan fingerprint density at radius 3 is 2.94 bits per heavy atom. The molecule has 5 rings (SSSR count). The normalized spacial score (nSPS) is 14.7. The van der Waals surface area contributed by atoms with E-state index in [4.69, 9.17) is 0 Å². The van der Waals surface area contributed by atoms with Crippen LogP contribution in [0.3, 0.4) is 0 Å². The maximum atomic E-state index is 14.1. The van der Waals surface area contributed by atoms with Crippen LogP contribution in [0.2, 0.25) is 0 Å². The highest BCUT2D eigenvalue weighted by atomic mass is 19.1. The van der Waals surface area contributed by atoms with Crippen molar-refractivity contribution in [2.75, 3.05) is 16.8 Å². The lowest BCUT2D eigenvalue weighted by Crippen LogP contribution is -2.32. The summed E-state index contributed by atoms with van der Waals surface area (Å²) >= 11 is 0. The van der Waals surface area contributed by atoms with Crippen LogP contribution in [-0.2, 0) is 6.54 Å². The van der Waals surface area contributed by atoms with Gasteiger partial charge in [0.1, 0.15) is 11.6 Å². The minimum Gasteiger partial charge on any atom is -0.392 e. The third-order valence-corrected chi connectivity index (χ3v) is 5.25. The molecule has 0 radical (unpaired) electrons. The summed E-state index contributed by atoms with van der Waals surface area (Å²) in [5, 5.41) is 28.2. The first kappa shape index (κ1) is 19.4. The Morgan fingerprint density at radius 1 is 1.26 bits per heavy atom. The van der Waals surface area contributed by atoms with E-state index < -0.39 is 6.10 Å². The molecular weight excluding hydrogens is 399 g/mol. The average Bonchev–Trinajstić information content (AvgIpc) is 3.29. The van der Waals surface area contributed by atoms with Crippen molar-refractivity contribution >= 4 is 28.5 Å². The monoisotopic (exact) mass is 422 g/mol. The molecule has 1 aromatic carbocycles. The number of aromatic nitrogens is 6. The van der Waals surface area contributed by atoms with Gasteiger partial charge in [-0.2, -0.15) is 15.2 Å². The Kier molecular flexibility index (Phi) is 4.99. The van der Waals surface area contributed by atoms with Gasteiger partial charge in [0.2, 0.25) is 5.95 Å². The summed E-state index contributed by atoms with van der Waals surface area (Å²) in [6.07, 6.45) is 5.07. The third-order valence-electron chi connectivity index (χ3n) is 5.25. The summed E-state index contributed by atoms with van der Waals surface area (Å²) in [6.45, 7) is 2.29. The number of nitrogens with zero attached hydrogens (tertiary/aromatic N) is 5. The molecule has 0 aliphatic heterocycles. The predicted molar refractivity (Wildman–Crippen MR) is 115 cm³/mol. The van der Waals surface area contributed by atoms with Crippen LogP contribution < -0.4 is 10.2 Å². The summed E-state index contributed by atoms with van der Waals surface area (Å²) in [6, 6.07) is 6.63. The molecule has 1 saturated carbocycles. The van der Waals surface area contributed by atoms with Crippen LogP contribution in [0, 0.1) is 5.82 Å². The second kappa shape index (κ2) is 7.95. The number of H-pyrrole nitrogens is 2. The van der Waals surface area contributed by atoms with Crippen molar-refractivity contribution in [3.8, 4) is 0 Å². The first-order valence-corrected chi connectivity index (χ1v) is 10.2. The molecule has 31 heavy (non-hydrogen) atoms. The van der Waals surface area contributed by atoms with E-state index in [1.807, 2.05) is 11.0 Å². The maximum absolute atomic E-state index is 14.1. The zero-order chi connectivity index (χ0) is 21.4.